The maximum absolute atomic E-state index is 5.91. The van der Waals surface area contributed by atoms with Gasteiger partial charge in [0.1, 0.15) is 0 Å². The SMILES string of the molecule is COCCC(C)(C)CNCCC(C)(C)N. The lowest BCUT2D eigenvalue weighted by Crippen LogP contribution is -2.38. The van der Waals surface area contributed by atoms with E-state index >= 15 is 0 Å². The lowest BCUT2D eigenvalue weighted by Gasteiger charge is -2.26. The van der Waals surface area contributed by atoms with Gasteiger partial charge < -0.3 is 15.8 Å². The van der Waals surface area contributed by atoms with Gasteiger partial charge >= 0.3 is 0 Å². The van der Waals surface area contributed by atoms with E-state index in [1.807, 2.05) is 0 Å². The lowest BCUT2D eigenvalue weighted by molar-refractivity contribution is 0.150. The first kappa shape index (κ1) is 14.9. The fraction of sp³-hybridized carbons (Fsp3) is 1.00. The Kier molecular flexibility index (Phi) is 6.41. The molecule has 0 aromatic carbocycles. The molecule has 3 heteroatoms. The van der Waals surface area contributed by atoms with Crippen LogP contribution in [-0.2, 0) is 4.74 Å². The topological polar surface area (TPSA) is 47.3 Å². The Morgan fingerprint density at radius 2 is 1.73 bits per heavy atom. The predicted octanol–water partition coefficient (Wildman–Crippen LogP) is 1.77. The summed E-state index contributed by atoms with van der Waals surface area (Å²) in [6.07, 6.45) is 2.09. The number of rotatable bonds is 8. The predicted molar refractivity (Wildman–Crippen MR) is 66.0 cm³/mol. The minimum atomic E-state index is -0.0658. The van der Waals surface area contributed by atoms with Gasteiger partial charge in [-0.2, -0.15) is 0 Å². The van der Waals surface area contributed by atoms with Crippen molar-refractivity contribution >= 4 is 0 Å². The Balaban J connectivity index is 3.57. The molecule has 0 spiro atoms. The molecule has 0 aromatic rings. The van der Waals surface area contributed by atoms with Crippen molar-refractivity contribution in [2.75, 3.05) is 26.8 Å². The van der Waals surface area contributed by atoms with Crippen LogP contribution in [0.5, 0.6) is 0 Å². The van der Waals surface area contributed by atoms with Crippen molar-refractivity contribution in [1.29, 1.82) is 0 Å². The van der Waals surface area contributed by atoms with Crippen LogP contribution in [0.3, 0.4) is 0 Å². The van der Waals surface area contributed by atoms with Gasteiger partial charge in [0.15, 0.2) is 0 Å². The van der Waals surface area contributed by atoms with Crippen molar-refractivity contribution in [3.05, 3.63) is 0 Å². The second kappa shape index (κ2) is 6.46. The molecule has 0 aromatic heterocycles. The summed E-state index contributed by atoms with van der Waals surface area (Å²) in [5.74, 6) is 0. The van der Waals surface area contributed by atoms with Crippen molar-refractivity contribution in [3.63, 3.8) is 0 Å². The minimum Gasteiger partial charge on any atom is -0.385 e. The molecule has 0 radical (unpaired) electrons. The van der Waals surface area contributed by atoms with E-state index in [-0.39, 0.29) is 5.54 Å². The first-order valence-electron chi connectivity index (χ1n) is 5.75. The van der Waals surface area contributed by atoms with Crippen LogP contribution >= 0.6 is 0 Å². The smallest absolute Gasteiger partial charge is 0.0467 e. The molecule has 0 heterocycles. The minimum absolute atomic E-state index is 0.0658. The highest BCUT2D eigenvalue weighted by molar-refractivity contribution is 4.75. The third-order valence-electron chi connectivity index (χ3n) is 2.53. The molecule has 0 aliphatic carbocycles. The number of nitrogens with one attached hydrogen (secondary N) is 1. The zero-order chi connectivity index (χ0) is 11.9. The zero-order valence-corrected chi connectivity index (χ0v) is 11.0. The molecule has 15 heavy (non-hydrogen) atoms. The standard InChI is InChI=1S/C12H28N2O/c1-11(2,7-9-15-5)10-14-8-6-12(3,4)13/h14H,6-10,13H2,1-5H3. The van der Waals surface area contributed by atoms with Gasteiger partial charge in [-0.05, 0) is 38.6 Å². The van der Waals surface area contributed by atoms with E-state index in [9.17, 15) is 0 Å². The molecule has 3 N–H and O–H groups in total. The molecular weight excluding hydrogens is 188 g/mol. The van der Waals surface area contributed by atoms with Gasteiger partial charge in [0, 0.05) is 25.8 Å². The Morgan fingerprint density at radius 1 is 1.13 bits per heavy atom. The number of hydrogen-bond donors (Lipinski definition) is 2. The Hall–Kier alpha value is -0.120. The van der Waals surface area contributed by atoms with Crippen molar-refractivity contribution in [2.24, 2.45) is 11.1 Å². The molecule has 0 fully saturated rings. The summed E-state index contributed by atoms with van der Waals surface area (Å²) in [6.45, 7) is 11.5. The molecule has 92 valence electrons. The van der Waals surface area contributed by atoms with Gasteiger partial charge in [0.05, 0.1) is 0 Å². The summed E-state index contributed by atoms with van der Waals surface area (Å²) in [7, 11) is 1.75. The highest BCUT2D eigenvalue weighted by Gasteiger charge is 2.17. The molecule has 0 unspecified atom stereocenters. The largest absolute Gasteiger partial charge is 0.385 e. The first-order chi connectivity index (χ1) is 6.77. The summed E-state index contributed by atoms with van der Waals surface area (Å²) < 4.78 is 5.09. The molecule has 0 atom stereocenters. The molecule has 0 bridgehead atoms. The third kappa shape index (κ3) is 10.2. The summed E-state index contributed by atoms with van der Waals surface area (Å²) in [5.41, 5.74) is 6.14. The summed E-state index contributed by atoms with van der Waals surface area (Å²) in [5, 5.41) is 3.46. The van der Waals surface area contributed by atoms with Gasteiger partial charge in [-0.25, -0.2) is 0 Å². The zero-order valence-electron chi connectivity index (χ0n) is 11.0. The average molecular weight is 216 g/mol. The number of ether oxygens (including phenoxy) is 1. The van der Waals surface area contributed by atoms with Crippen LogP contribution in [0.4, 0.5) is 0 Å². The number of methoxy groups -OCH3 is 1. The fourth-order valence-electron chi connectivity index (χ4n) is 1.30. The Bertz CT molecular complexity index is 161. The average Bonchev–Trinajstić information content (AvgIpc) is 2.08. The van der Waals surface area contributed by atoms with Crippen LogP contribution in [-0.4, -0.2) is 32.3 Å². The van der Waals surface area contributed by atoms with E-state index in [0.717, 1.165) is 32.5 Å². The van der Waals surface area contributed by atoms with Crippen molar-refractivity contribution in [3.8, 4) is 0 Å². The van der Waals surface area contributed by atoms with E-state index in [1.165, 1.54) is 0 Å². The normalized spacial score (nSPS) is 13.2. The van der Waals surface area contributed by atoms with E-state index in [1.54, 1.807) is 7.11 Å². The monoisotopic (exact) mass is 216 g/mol. The van der Waals surface area contributed by atoms with E-state index in [4.69, 9.17) is 10.5 Å². The Morgan fingerprint density at radius 3 is 2.20 bits per heavy atom. The van der Waals surface area contributed by atoms with Crippen LogP contribution < -0.4 is 11.1 Å². The van der Waals surface area contributed by atoms with Crippen LogP contribution in [0, 0.1) is 5.41 Å². The van der Waals surface area contributed by atoms with Crippen LogP contribution in [0.25, 0.3) is 0 Å². The molecule has 0 saturated heterocycles. The van der Waals surface area contributed by atoms with Gasteiger partial charge in [-0.3, -0.25) is 0 Å². The molecule has 0 aliphatic rings. The van der Waals surface area contributed by atoms with E-state index < -0.39 is 0 Å². The van der Waals surface area contributed by atoms with E-state index in [0.29, 0.717) is 5.41 Å². The molecule has 3 nitrogen and oxygen atoms in total. The number of nitrogens with two attached hydrogens (primary N) is 1. The van der Waals surface area contributed by atoms with Gasteiger partial charge in [-0.15, -0.1) is 0 Å². The molecule has 0 aliphatic heterocycles. The Labute approximate surface area is 94.8 Å². The van der Waals surface area contributed by atoms with Crippen molar-refractivity contribution in [2.45, 2.75) is 46.1 Å². The summed E-state index contributed by atoms with van der Waals surface area (Å²) in [4.78, 5) is 0. The first-order valence-corrected chi connectivity index (χ1v) is 5.75. The second-order valence-electron chi connectivity index (χ2n) is 5.82. The molecular formula is C12H28N2O. The quantitative estimate of drug-likeness (QED) is 0.608. The third-order valence-corrected chi connectivity index (χ3v) is 2.53. The highest BCUT2D eigenvalue weighted by atomic mass is 16.5. The maximum Gasteiger partial charge on any atom is 0.0467 e. The summed E-state index contributed by atoms with van der Waals surface area (Å²) >= 11 is 0. The summed E-state index contributed by atoms with van der Waals surface area (Å²) in [6, 6.07) is 0. The fourth-order valence-corrected chi connectivity index (χ4v) is 1.30. The molecule has 0 saturated carbocycles. The highest BCUT2D eigenvalue weighted by Crippen LogP contribution is 2.18. The van der Waals surface area contributed by atoms with Gasteiger partial charge in [-0.1, -0.05) is 13.8 Å². The molecule has 0 amide bonds. The van der Waals surface area contributed by atoms with Crippen LogP contribution in [0.2, 0.25) is 0 Å². The van der Waals surface area contributed by atoms with Crippen LogP contribution in [0.15, 0.2) is 0 Å². The second-order valence-corrected chi connectivity index (χ2v) is 5.82. The maximum atomic E-state index is 5.91. The van der Waals surface area contributed by atoms with Crippen molar-refractivity contribution in [1.82, 2.24) is 5.32 Å². The van der Waals surface area contributed by atoms with Gasteiger partial charge in [0.25, 0.3) is 0 Å². The number of hydrogen-bond acceptors (Lipinski definition) is 3. The van der Waals surface area contributed by atoms with E-state index in [2.05, 4.69) is 33.0 Å². The lowest BCUT2D eigenvalue weighted by atomic mass is 9.89. The van der Waals surface area contributed by atoms with Gasteiger partial charge in [0.2, 0.25) is 0 Å². The van der Waals surface area contributed by atoms with Crippen molar-refractivity contribution < 1.29 is 4.74 Å². The van der Waals surface area contributed by atoms with Crippen LogP contribution in [0.1, 0.15) is 40.5 Å². The molecule has 0 rings (SSSR count).